The molecule has 0 spiro atoms. The molecule has 0 nitrogen and oxygen atoms in total. The van der Waals surface area contributed by atoms with Crippen LogP contribution in [0.5, 0.6) is 0 Å². The molecule has 0 aromatic carbocycles. The molecule has 0 heterocycles. The molecule has 82 valence electrons. The molecule has 0 aliphatic heterocycles. The maximum atomic E-state index is 4.88. The molecule has 4 unspecified atom stereocenters. The predicted molar refractivity (Wildman–Crippen MR) is 58.3 cm³/mol. The summed E-state index contributed by atoms with van der Waals surface area (Å²) in [7, 11) is 9.75. The molecule has 3 heteroatoms. The monoisotopic (exact) mass is 411 g/mol. The van der Waals surface area contributed by atoms with Gasteiger partial charge in [0.15, 0.2) is 0 Å². The van der Waals surface area contributed by atoms with Gasteiger partial charge in [0, 0.05) is 0 Å². The maximum absolute atomic E-state index is 4.88. The summed E-state index contributed by atoms with van der Waals surface area (Å²) in [6.07, 6.45) is 13.3. The fourth-order valence-corrected chi connectivity index (χ4v) is 2.83. The van der Waals surface area contributed by atoms with Crippen molar-refractivity contribution in [2.45, 2.75) is 12.8 Å². The van der Waals surface area contributed by atoms with Crippen molar-refractivity contribution in [2.75, 3.05) is 0 Å². The third-order valence-electron chi connectivity index (χ3n) is 3.33. The van der Waals surface area contributed by atoms with E-state index >= 15 is 0 Å². The van der Waals surface area contributed by atoms with E-state index in [1.54, 1.807) is 0 Å². The van der Waals surface area contributed by atoms with Crippen molar-refractivity contribution in [2.24, 2.45) is 23.7 Å². The first-order valence-corrected chi connectivity index (χ1v) is 10.1. The summed E-state index contributed by atoms with van der Waals surface area (Å²) in [5, 5.41) is 0. The van der Waals surface area contributed by atoms with E-state index in [2.05, 4.69) is 24.3 Å². The van der Waals surface area contributed by atoms with E-state index in [-0.39, 0.29) is 7.43 Å². The van der Waals surface area contributed by atoms with Crippen LogP contribution >= 0.6 is 18.8 Å². The minimum absolute atomic E-state index is 0. The van der Waals surface area contributed by atoms with Crippen molar-refractivity contribution in [3.63, 3.8) is 0 Å². The van der Waals surface area contributed by atoms with Gasteiger partial charge in [-0.1, -0.05) is 24.5 Å². The Morgan fingerprint density at radius 2 is 2.07 bits per heavy atom. The van der Waals surface area contributed by atoms with Gasteiger partial charge in [-0.05, 0) is 18.3 Å². The fraction of sp³-hybridized carbons (Fsp3) is 0.545. The van der Waals surface area contributed by atoms with Gasteiger partial charge in [0.2, 0.25) is 0 Å². The Labute approximate surface area is 103 Å². The molecule has 3 aliphatic carbocycles. The van der Waals surface area contributed by atoms with Gasteiger partial charge in [0.1, 0.15) is 0 Å². The topological polar surface area (TPSA) is 0 Å². The molecule has 0 radical (unpaired) electrons. The van der Waals surface area contributed by atoms with E-state index in [1.807, 2.05) is 0 Å². The molecular formula is C11H14Cl2Pt. The van der Waals surface area contributed by atoms with Crippen LogP contribution in [0.4, 0.5) is 0 Å². The number of fused-ring (bicyclic) bond motifs is 5. The standard InChI is InChI=1S/C10H11.CH3.2ClH.Pt/c1-2-9-7-4-5-8(6-7)10(9)3-1;;;;/h1-2,5,7-10H,3,6H2;1H3;2*1H;/q2*-1;;;+4/p-2. The van der Waals surface area contributed by atoms with Gasteiger partial charge in [-0.2, -0.15) is 5.92 Å². The Hall–Kier alpha value is 0.748. The summed E-state index contributed by atoms with van der Waals surface area (Å²) >= 11 is -0.472. The molecule has 14 heavy (non-hydrogen) atoms. The van der Waals surface area contributed by atoms with Crippen molar-refractivity contribution >= 4 is 18.8 Å². The average molecular weight is 412 g/mol. The van der Waals surface area contributed by atoms with Gasteiger partial charge in [0.05, 0.1) is 0 Å². The number of halogens is 2. The first-order chi connectivity index (χ1) is 6.36. The predicted octanol–water partition coefficient (Wildman–Crippen LogP) is 4.01. The fourth-order valence-electron chi connectivity index (χ4n) is 2.83. The van der Waals surface area contributed by atoms with Crippen LogP contribution in [0, 0.1) is 37.2 Å². The molecule has 0 aromatic heterocycles. The Morgan fingerprint density at radius 1 is 1.36 bits per heavy atom. The van der Waals surface area contributed by atoms with E-state index < -0.39 is 16.5 Å². The van der Waals surface area contributed by atoms with Gasteiger partial charge in [0.25, 0.3) is 0 Å². The van der Waals surface area contributed by atoms with Gasteiger partial charge in [-0.3, -0.25) is 6.08 Å². The van der Waals surface area contributed by atoms with Gasteiger partial charge >= 0.3 is 35.3 Å². The van der Waals surface area contributed by atoms with Crippen LogP contribution in [0.1, 0.15) is 12.8 Å². The molecule has 1 saturated carbocycles. The Kier molecular flexibility index (Phi) is 5.24. The second kappa shape index (κ2) is 5.73. The van der Waals surface area contributed by atoms with E-state index in [0.717, 1.165) is 23.7 Å². The van der Waals surface area contributed by atoms with Crippen LogP contribution in [0.25, 0.3) is 0 Å². The first-order valence-electron chi connectivity index (χ1n) is 4.45. The van der Waals surface area contributed by atoms with Crippen molar-refractivity contribution in [3.8, 4) is 0 Å². The van der Waals surface area contributed by atoms with Gasteiger partial charge < -0.3 is 13.5 Å². The summed E-state index contributed by atoms with van der Waals surface area (Å²) in [6, 6.07) is 0. The molecule has 3 aliphatic rings. The Morgan fingerprint density at radius 3 is 2.71 bits per heavy atom. The van der Waals surface area contributed by atoms with Gasteiger partial charge in [-0.25, -0.2) is 0 Å². The first kappa shape index (κ1) is 12.8. The molecule has 4 atom stereocenters. The number of rotatable bonds is 0. The summed E-state index contributed by atoms with van der Waals surface area (Å²) in [5.74, 6) is 3.56. The minimum atomic E-state index is -0.472. The van der Waals surface area contributed by atoms with Crippen LogP contribution in [-0.2, 0) is 16.5 Å². The van der Waals surface area contributed by atoms with Crippen molar-refractivity contribution in [3.05, 3.63) is 31.7 Å². The van der Waals surface area contributed by atoms with Crippen molar-refractivity contribution < 1.29 is 16.5 Å². The zero-order valence-corrected chi connectivity index (χ0v) is 11.8. The molecular weight excluding hydrogens is 398 g/mol. The molecule has 0 saturated heterocycles. The molecule has 0 aromatic rings. The summed E-state index contributed by atoms with van der Waals surface area (Å²) in [6.45, 7) is 0. The number of hydrogen-bond acceptors (Lipinski definition) is 0. The van der Waals surface area contributed by atoms with E-state index in [0.29, 0.717) is 0 Å². The van der Waals surface area contributed by atoms with Crippen LogP contribution in [-0.4, -0.2) is 0 Å². The third-order valence-corrected chi connectivity index (χ3v) is 3.33. The van der Waals surface area contributed by atoms with Crippen LogP contribution in [0.2, 0.25) is 0 Å². The second-order valence-electron chi connectivity index (χ2n) is 3.79. The van der Waals surface area contributed by atoms with Crippen molar-refractivity contribution in [1.82, 2.24) is 0 Å². The Bertz CT molecular complexity index is 237. The van der Waals surface area contributed by atoms with Crippen LogP contribution in [0.15, 0.2) is 18.2 Å². The zero-order chi connectivity index (χ0) is 9.26. The van der Waals surface area contributed by atoms with Crippen LogP contribution < -0.4 is 0 Å². The SMILES string of the molecule is [C-]1=CC2CC1C1C=CCC21.[CH3-].[Cl][Pt+2][Cl]. The number of hydrogen-bond donors (Lipinski definition) is 0. The molecule has 3 rings (SSSR count). The normalized spacial score (nSPS) is 40.4. The van der Waals surface area contributed by atoms with E-state index in [1.165, 1.54) is 12.8 Å². The quantitative estimate of drug-likeness (QED) is 0.417. The third kappa shape index (κ3) is 2.29. The summed E-state index contributed by atoms with van der Waals surface area (Å²) in [5.41, 5.74) is 0. The molecule has 2 bridgehead atoms. The molecule has 0 amide bonds. The summed E-state index contributed by atoms with van der Waals surface area (Å²) < 4.78 is 0. The van der Waals surface area contributed by atoms with Crippen molar-refractivity contribution in [1.29, 1.82) is 0 Å². The number of allylic oxidation sites excluding steroid dienone is 4. The average Bonchev–Trinajstić information content (AvgIpc) is 2.79. The van der Waals surface area contributed by atoms with E-state index in [9.17, 15) is 0 Å². The molecule has 0 N–H and O–H groups in total. The zero-order valence-electron chi connectivity index (χ0n) is 8.03. The molecule has 1 fully saturated rings. The van der Waals surface area contributed by atoms with E-state index in [4.69, 9.17) is 18.8 Å². The van der Waals surface area contributed by atoms with Gasteiger partial charge in [-0.15, -0.1) is 0 Å². The second-order valence-corrected chi connectivity index (χ2v) is 7.07. The Balaban J connectivity index is 0.000000223. The summed E-state index contributed by atoms with van der Waals surface area (Å²) in [4.78, 5) is 0. The van der Waals surface area contributed by atoms with Crippen LogP contribution in [0.3, 0.4) is 0 Å².